The molecule has 0 saturated heterocycles. The lowest BCUT2D eigenvalue weighted by Gasteiger charge is -2.30. The van der Waals surface area contributed by atoms with Gasteiger partial charge in [-0.15, -0.1) is 10.2 Å². The van der Waals surface area contributed by atoms with Crippen LogP contribution >= 0.6 is 0 Å². The minimum Gasteiger partial charge on any atom is -0.444 e. The van der Waals surface area contributed by atoms with Crippen LogP contribution in [-0.2, 0) is 17.8 Å². The first-order chi connectivity index (χ1) is 7.87. The number of carbonyl (C=O) groups excluding carboxylic acids is 1. The maximum atomic E-state index is 11.8. The predicted molar refractivity (Wildman–Crippen MR) is 61.1 cm³/mol. The largest absolute Gasteiger partial charge is 0.444 e. The second-order valence-electron chi connectivity index (χ2n) is 5.03. The number of nitrogens with zero attached hydrogens (tertiary/aromatic N) is 4. The molecule has 1 aliphatic heterocycles. The normalized spacial score (nSPS) is 15.6. The lowest BCUT2D eigenvalue weighted by atomic mass is 10.2. The summed E-state index contributed by atoms with van der Waals surface area (Å²) in [4.78, 5) is 13.5. The molecule has 0 aliphatic carbocycles. The Morgan fingerprint density at radius 2 is 2.06 bits per heavy atom. The highest BCUT2D eigenvalue weighted by atomic mass is 16.6. The topological polar surface area (TPSA) is 86.3 Å². The average molecular weight is 239 g/mol. The third-order valence-corrected chi connectivity index (χ3v) is 2.43. The molecule has 1 aromatic rings. The summed E-state index contributed by atoms with van der Waals surface area (Å²) in [5.41, 5.74) is 5.15. The number of ether oxygens (including phenoxy) is 1. The van der Waals surface area contributed by atoms with Gasteiger partial charge in [-0.05, 0) is 20.8 Å². The zero-order valence-electron chi connectivity index (χ0n) is 10.3. The van der Waals surface area contributed by atoms with Crippen LogP contribution in [0.4, 0.5) is 10.7 Å². The summed E-state index contributed by atoms with van der Waals surface area (Å²) >= 11 is 0. The number of hydrogen-bond acceptors (Lipinski definition) is 5. The van der Waals surface area contributed by atoms with Crippen LogP contribution in [-0.4, -0.2) is 37.9 Å². The van der Waals surface area contributed by atoms with Gasteiger partial charge >= 0.3 is 6.09 Å². The number of anilines is 1. The van der Waals surface area contributed by atoms with Crippen molar-refractivity contribution in [2.45, 2.75) is 39.5 Å². The van der Waals surface area contributed by atoms with E-state index >= 15 is 0 Å². The van der Waals surface area contributed by atoms with Gasteiger partial charge in [-0.3, -0.25) is 9.47 Å². The highest BCUT2D eigenvalue weighted by molar-refractivity contribution is 5.68. The fourth-order valence-corrected chi connectivity index (χ4v) is 1.66. The van der Waals surface area contributed by atoms with Gasteiger partial charge in [0.05, 0.1) is 6.54 Å². The number of amides is 1. The van der Waals surface area contributed by atoms with Crippen LogP contribution in [0.25, 0.3) is 0 Å². The molecular weight excluding hydrogens is 222 g/mol. The molecule has 1 aliphatic rings. The fraction of sp³-hybridized carbons (Fsp3) is 0.700. The van der Waals surface area contributed by atoms with Gasteiger partial charge in [-0.1, -0.05) is 0 Å². The summed E-state index contributed by atoms with van der Waals surface area (Å²) in [6.07, 6.45) is -0.328. The third kappa shape index (κ3) is 2.48. The van der Waals surface area contributed by atoms with Crippen LogP contribution in [0.1, 0.15) is 26.6 Å². The fourth-order valence-electron chi connectivity index (χ4n) is 1.66. The first kappa shape index (κ1) is 11.7. The van der Waals surface area contributed by atoms with Crippen molar-refractivity contribution in [3.05, 3.63) is 5.82 Å². The number of rotatable bonds is 0. The van der Waals surface area contributed by atoms with Crippen molar-refractivity contribution in [1.29, 1.82) is 0 Å². The summed E-state index contributed by atoms with van der Waals surface area (Å²) in [5.74, 6) is 1.09. The molecule has 7 heteroatoms. The van der Waals surface area contributed by atoms with E-state index in [1.807, 2.05) is 20.8 Å². The van der Waals surface area contributed by atoms with Crippen LogP contribution in [0.5, 0.6) is 0 Å². The molecule has 1 amide bonds. The van der Waals surface area contributed by atoms with Crippen LogP contribution in [0.15, 0.2) is 0 Å². The molecular formula is C10H17N5O2. The van der Waals surface area contributed by atoms with E-state index in [0.29, 0.717) is 31.4 Å². The highest BCUT2D eigenvalue weighted by Crippen LogP contribution is 2.16. The molecule has 0 radical (unpaired) electrons. The molecule has 0 fully saturated rings. The number of nitrogen functional groups attached to an aromatic ring is 1. The Hall–Kier alpha value is -1.79. The van der Waals surface area contributed by atoms with Crippen molar-refractivity contribution in [1.82, 2.24) is 19.7 Å². The summed E-state index contributed by atoms with van der Waals surface area (Å²) < 4.78 is 7.10. The van der Waals surface area contributed by atoms with Crippen molar-refractivity contribution in [3.63, 3.8) is 0 Å². The summed E-state index contributed by atoms with van der Waals surface area (Å²) in [7, 11) is 0. The lowest BCUT2D eigenvalue weighted by Crippen LogP contribution is -2.41. The minimum absolute atomic E-state index is 0.328. The van der Waals surface area contributed by atoms with Gasteiger partial charge < -0.3 is 10.5 Å². The molecule has 2 rings (SSSR count). The summed E-state index contributed by atoms with van der Waals surface area (Å²) in [6.45, 7) is 7.08. The number of aromatic nitrogens is 3. The number of nitrogens with two attached hydrogens (primary N) is 1. The Balaban J connectivity index is 2.05. The second-order valence-corrected chi connectivity index (χ2v) is 5.03. The molecule has 7 nitrogen and oxygen atoms in total. The molecule has 2 N–H and O–H groups in total. The maximum absolute atomic E-state index is 11.8. The van der Waals surface area contributed by atoms with Gasteiger partial charge in [-0.2, -0.15) is 0 Å². The van der Waals surface area contributed by atoms with Gasteiger partial charge in [0.25, 0.3) is 0 Å². The number of carbonyl (C=O) groups is 1. The van der Waals surface area contributed by atoms with E-state index in [1.165, 1.54) is 0 Å². The van der Waals surface area contributed by atoms with Gasteiger partial charge in [0.15, 0.2) is 5.82 Å². The molecule has 0 spiro atoms. The zero-order valence-corrected chi connectivity index (χ0v) is 10.3. The Bertz CT molecular complexity index is 434. The Morgan fingerprint density at radius 3 is 2.71 bits per heavy atom. The van der Waals surface area contributed by atoms with Crippen molar-refractivity contribution in [2.75, 3.05) is 12.3 Å². The highest BCUT2D eigenvalue weighted by Gasteiger charge is 2.27. The second kappa shape index (κ2) is 3.90. The van der Waals surface area contributed by atoms with Crippen LogP contribution in [0.2, 0.25) is 0 Å². The van der Waals surface area contributed by atoms with E-state index in [0.717, 1.165) is 0 Å². The van der Waals surface area contributed by atoms with Gasteiger partial charge in [0.1, 0.15) is 5.60 Å². The van der Waals surface area contributed by atoms with Crippen LogP contribution in [0.3, 0.4) is 0 Å². The quantitative estimate of drug-likeness (QED) is 0.716. The number of fused-ring (bicyclic) bond motifs is 1. The minimum atomic E-state index is -0.485. The van der Waals surface area contributed by atoms with Crippen molar-refractivity contribution >= 4 is 12.0 Å². The molecule has 17 heavy (non-hydrogen) atoms. The molecule has 0 aromatic carbocycles. The zero-order chi connectivity index (χ0) is 12.6. The van der Waals surface area contributed by atoms with E-state index < -0.39 is 5.60 Å². The first-order valence-corrected chi connectivity index (χ1v) is 5.52. The Labute approximate surface area is 99.5 Å². The maximum Gasteiger partial charge on any atom is 0.410 e. The molecule has 0 bridgehead atoms. The lowest BCUT2D eigenvalue weighted by molar-refractivity contribution is 0.0196. The summed E-state index contributed by atoms with van der Waals surface area (Å²) in [5, 5.41) is 7.70. The average Bonchev–Trinajstić information content (AvgIpc) is 2.57. The molecule has 94 valence electrons. The first-order valence-electron chi connectivity index (χ1n) is 5.52. The monoisotopic (exact) mass is 239 g/mol. The molecule has 0 atom stereocenters. The SMILES string of the molecule is CC(C)(C)OC(=O)N1CCn2c(N)nnc2C1. The molecule has 2 heterocycles. The van der Waals surface area contributed by atoms with E-state index in [2.05, 4.69) is 10.2 Å². The van der Waals surface area contributed by atoms with Gasteiger partial charge in [0, 0.05) is 13.1 Å². The molecule has 1 aromatic heterocycles. The standard InChI is InChI=1S/C10H17N5O2/c1-10(2,3)17-9(16)14-4-5-15-7(6-14)12-13-8(15)11/h4-6H2,1-3H3,(H2,11,13). The van der Waals surface area contributed by atoms with E-state index in [9.17, 15) is 4.79 Å². The summed E-state index contributed by atoms with van der Waals surface area (Å²) in [6, 6.07) is 0. The Kier molecular flexibility index (Phi) is 2.68. The Morgan fingerprint density at radius 1 is 1.35 bits per heavy atom. The number of hydrogen-bond donors (Lipinski definition) is 1. The van der Waals surface area contributed by atoms with E-state index in [1.54, 1.807) is 9.47 Å². The third-order valence-electron chi connectivity index (χ3n) is 2.43. The molecule has 0 saturated carbocycles. The van der Waals surface area contributed by atoms with Crippen molar-refractivity contribution < 1.29 is 9.53 Å². The van der Waals surface area contributed by atoms with Crippen LogP contribution < -0.4 is 5.73 Å². The van der Waals surface area contributed by atoms with E-state index in [-0.39, 0.29) is 6.09 Å². The van der Waals surface area contributed by atoms with Gasteiger partial charge in [0.2, 0.25) is 5.95 Å². The molecule has 0 unspecified atom stereocenters. The van der Waals surface area contributed by atoms with E-state index in [4.69, 9.17) is 10.5 Å². The van der Waals surface area contributed by atoms with Crippen molar-refractivity contribution in [2.24, 2.45) is 0 Å². The smallest absolute Gasteiger partial charge is 0.410 e. The van der Waals surface area contributed by atoms with Crippen molar-refractivity contribution in [3.8, 4) is 0 Å². The van der Waals surface area contributed by atoms with Gasteiger partial charge in [-0.25, -0.2) is 4.79 Å². The van der Waals surface area contributed by atoms with Crippen LogP contribution in [0, 0.1) is 0 Å². The predicted octanol–water partition coefficient (Wildman–Crippen LogP) is 0.611.